The van der Waals surface area contributed by atoms with Crippen LogP contribution in [0.1, 0.15) is 284 Å². The Morgan fingerprint density at radius 2 is 0.606 bits per heavy atom. The Kier molecular flexibility index (Phi) is 52.3. The highest BCUT2D eigenvalue weighted by Crippen LogP contribution is 2.16. The summed E-state index contributed by atoms with van der Waals surface area (Å²) in [6.07, 6.45) is 67.8. The van der Waals surface area contributed by atoms with Gasteiger partial charge in [0.2, 0.25) is 0 Å². The minimum atomic E-state index is -0.778. The van der Waals surface area contributed by atoms with Crippen LogP contribution in [0.5, 0.6) is 0 Å². The molecule has 0 amide bonds. The highest BCUT2D eigenvalue weighted by Gasteiger charge is 2.19. The molecule has 0 aromatic carbocycles. The van der Waals surface area contributed by atoms with Crippen LogP contribution in [0.3, 0.4) is 0 Å². The van der Waals surface area contributed by atoms with Gasteiger partial charge in [0.1, 0.15) is 13.2 Å². The number of esters is 3. The molecule has 0 heterocycles. The fourth-order valence-corrected chi connectivity index (χ4v) is 8.00. The molecule has 0 radical (unpaired) electrons. The number of hydrogen-bond donors (Lipinski definition) is 0. The lowest BCUT2D eigenvalue weighted by atomic mass is 10.0. The van der Waals surface area contributed by atoms with E-state index in [-0.39, 0.29) is 31.1 Å². The van der Waals surface area contributed by atoms with E-state index in [1.165, 1.54) is 148 Å². The van der Waals surface area contributed by atoms with Crippen LogP contribution in [0.15, 0.2) is 60.8 Å². The van der Waals surface area contributed by atoms with Gasteiger partial charge in [-0.15, -0.1) is 0 Å². The summed E-state index contributed by atoms with van der Waals surface area (Å²) in [4.78, 5) is 38.1. The van der Waals surface area contributed by atoms with Crippen molar-refractivity contribution in [1.82, 2.24) is 0 Å². The minimum Gasteiger partial charge on any atom is -0.462 e. The van der Waals surface area contributed by atoms with Crippen molar-refractivity contribution in [2.45, 2.75) is 290 Å². The van der Waals surface area contributed by atoms with E-state index in [1.54, 1.807) is 0 Å². The minimum absolute atomic E-state index is 0.0787. The van der Waals surface area contributed by atoms with E-state index in [1.807, 2.05) is 0 Å². The molecule has 0 bridgehead atoms. The van der Waals surface area contributed by atoms with Crippen LogP contribution in [-0.4, -0.2) is 37.2 Å². The Morgan fingerprint density at radius 1 is 0.318 bits per heavy atom. The third-order valence-electron chi connectivity index (χ3n) is 12.3. The molecule has 0 aromatic rings. The standard InChI is InChI=1S/C60H106O6/c1-4-7-10-13-16-19-22-24-26-28-29-30-31-32-34-35-38-41-44-47-50-53-59(62)65-56-57(55-64-58(61)52-49-46-43-40-37-21-18-15-12-9-6-3)66-60(63)54-51-48-45-42-39-36-33-27-25-23-20-17-14-11-8-5-2/h7,10,15-16,18-19,24,26,29-30,57H,4-6,8-9,11-14,17,20-23,25,27-28,31-56H2,1-3H3/b10-7-,18-15-,19-16-,26-24-,30-29-. The van der Waals surface area contributed by atoms with Crippen LogP contribution in [0.4, 0.5) is 0 Å². The van der Waals surface area contributed by atoms with E-state index in [9.17, 15) is 14.4 Å². The zero-order valence-corrected chi connectivity index (χ0v) is 43.7. The first-order chi connectivity index (χ1) is 32.5. The van der Waals surface area contributed by atoms with Crippen LogP contribution in [-0.2, 0) is 28.6 Å². The summed E-state index contributed by atoms with van der Waals surface area (Å²) >= 11 is 0. The molecule has 66 heavy (non-hydrogen) atoms. The number of rotatable bonds is 51. The first-order valence-corrected chi connectivity index (χ1v) is 28.3. The molecule has 0 aliphatic heterocycles. The van der Waals surface area contributed by atoms with Gasteiger partial charge in [0, 0.05) is 19.3 Å². The third-order valence-corrected chi connectivity index (χ3v) is 12.3. The molecule has 6 heteroatoms. The van der Waals surface area contributed by atoms with E-state index in [2.05, 4.69) is 81.5 Å². The average Bonchev–Trinajstić information content (AvgIpc) is 3.31. The van der Waals surface area contributed by atoms with E-state index < -0.39 is 6.10 Å². The molecule has 1 unspecified atom stereocenters. The van der Waals surface area contributed by atoms with Gasteiger partial charge in [-0.05, 0) is 77.0 Å². The molecule has 0 spiro atoms. The summed E-state index contributed by atoms with van der Waals surface area (Å²) in [5.74, 6) is -0.884. The molecule has 6 nitrogen and oxygen atoms in total. The van der Waals surface area contributed by atoms with Gasteiger partial charge in [-0.3, -0.25) is 14.4 Å². The van der Waals surface area contributed by atoms with Crippen molar-refractivity contribution in [1.29, 1.82) is 0 Å². The SMILES string of the molecule is CC/C=C\C/C=C\C/C=C\C/C=C\CCCCCCCCCCC(=O)OCC(COC(=O)CCCCCCC/C=C\CCCC)OC(=O)CCCCCCCCCCCCCCCCCC. The molecule has 0 aliphatic rings. The second-order valence-corrected chi connectivity index (χ2v) is 18.8. The fourth-order valence-electron chi connectivity index (χ4n) is 8.00. The van der Waals surface area contributed by atoms with Crippen molar-refractivity contribution in [3.05, 3.63) is 60.8 Å². The van der Waals surface area contributed by atoms with E-state index in [0.717, 1.165) is 96.3 Å². The molecule has 0 saturated heterocycles. The number of carbonyl (C=O) groups excluding carboxylic acids is 3. The Balaban J connectivity index is 4.32. The molecular formula is C60H106O6. The molecule has 0 fully saturated rings. The number of hydrogen-bond acceptors (Lipinski definition) is 6. The number of unbranched alkanes of at least 4 members (excludes halogenated alkanes) is 30. The summed E-state index contributed by atoms with van der Waals surface area (Å²) in [7, 11) is 0. The zero-order chi connectivity index (χ0) is 47.9. The molecule has 0 rings (SSSR count). The number of allylic oxidation sites excluding steroid dienone is 10. The van der Waals surface area contributed by atoms with Gasteiger partial charge in [0.25, 0.3) is 0 Å². The smallest absolute Gasteiger partial charge is 0.306 e. The van der Waals surface area contributed by atoms with Gasteiger partial charge in [-0.25, -0.2) is 0 Å². The van der Waals surface area contributed by atoms with E-state index in [0.29, 0.717) is 19.3 Å². The third kappa shape index (κ3) is 52.1. The second kappa shape index (κ2) is 54.7. The lowest BCUT2D eigenvalue weighted by Gasteiger charge is -2.18. The van der Waals surface area contributed by atoms with Gasteiger partial charge >= 0.3 is 17.9 Å². The highest BCUT2D eigenvalue weighted by atomic mass is 16.6. The second-order valence-electron chi connectivity index (χ2n) is 18.8. The molecule has 382 valence electrons. The Morgan fingerprint density at radius 3 is 0.985 bits per heavy atom. The summed E-state index contributed by atoms with van der Waals surface area (Å²) < 4.78 is 16.8. The quantitative estimate of drug-likeness (QED) is 0.0262. The van der Waals surface area contributed by atoms with Crippen LogP contribution in [0, 0.1) is 0 Å². The Hall–Kier alpha value is -2.89. The predicted molar refractivity (Wildman–Crippen MR) is 284 cm³/mol. The molecule has 0 saturated carbocycles. The van der Waals surface area contributed by atoms with Gasteiger partial charge in [-0.2, -0.15) is 0 Å². The first kappa shape index (κ1) is 63.1. The summed E-state index contributed by atoms with van der Waals surface area (Å²) in [5.41, 5.74) is 0. The average molecular weight is 924 g/mol. The normalized spacial score (nSPS) is 12.5. The maximum Gasteiger partial charge on any atom is 0.306 e. The maximum absolute atomic E-state index is 12.8. The Labute approximate surface area is 409 Å². The van der Waals surface area contributed by atoms with Crippen molar-refractivity contribution in [3.8, 4) is 0 Å². The largest absolute Gasteiger partial charge is 0.462 e. The van der Waals surface area contributed by atoms with Gasteiger partial charge in [-0.1, -0.05) is 248 Å². The fraction of sp³-hybridized carbons (Fsp3) is 0.783. The van der Waals surface area contributed by atoms with Gasteiger partial charge in [0.15, 0.2) is 6.10 Å². The van der Waals surface area contributed by atoms with Gasteiger partial charge in [0.05, 0.1) is 0 Å². The van der Waals surface area contributed by atoms with Crippen molar-refractivity contribution in [3.63, 3.8) is 0 Å². The molecular weight excluding hydrogens is 817 g/mol. The molecule has 0 aromatic heterocycles. The van der Waals surface area contributed by atoms with Crippen molar-refractivity contribution in [2.24, 2.45) is 0 Å². The molecule has 0 aliphatic carbocycles. The summed E-state index contributed by atoms with van der Waals surface area (Å²) in [6, 6.07) is 0. The van der Waals surface area contributed by atoms with E-state index >= 15 is 0 Å². The van der Waals surface area contributed by atoms with Crippen LogP contribution in [0.25, 0.3) is 0 Å². The van der Waals surface area contributed by atoms with Crippen molar-refractivity contribution < 1.29 is 28.6 Å². The predicted octanol–water partition coefficient (Wildman–Crippen LogP) is 18.8. The van der Waals surface area contributed by atoms with E-state index in [4.69, 9.17) is 14.2 Å². The number of ether oxygens (including phenoxy) is 3. The monoisotopic (exact) mass is 923 g/mol. The first-order valence-electron chi connectivity index (χ1n) is 28.3. The zero-order valence-electron chi connectivity index (χ0n) is 43.7. The number of carbonyl (C=O) groups is 3. The van der Waals surface area contributed by atoms with Gasteiger partial charge < -0.3 is 14.2 Å². The van der Waals surface area contributed by atoms with Crippen LogP contribution in [0.2, 0.25) is 0 Å². The summed E-state index contributed by atoms with van der Waals surface area (Å²) in [6.45, 7) is 6.50. The Bertz CT molecular complexity index is 1200. The summed E-state index contributed by atoms with van der Waals surface area (Å²) in [5, 5.41) is 0. The lowest BCUT2D eigenvalue weighted by molar-refractivity contribution is -0.167. The van der Waals surface area contributed by atoms with Crippen LogP contribution < -0.4 is 0 Å². The maximum atomic E-state index is 12.8. The van der Waals surface area contributed by atoms with Crippen molar-refractivity contribution >= 4 is 17.9 Å². The van der Waals surface area contributed by atoms with Crippen LogP contribution >= 0.6 is 0 Å². The highest BCUT2D eigenvalue weighted by molar-refractivity contribution is 5.71. The van der Waals surface area contributed by atoms with Crippen molar-refractivity contribution in [2.75, 3.05) is 13.2 Å². The molecule has 0 N–H and O–H groups in total. The topological polar surface area (TPSA) is 78.9 Å². The molecule has 1 atom stereocenters. The lowest BCUT2D eigenvalue weighted by Crippen LogP contribution is -2.30.